The van der Waals surface area contributed by atoms with Gasteiger partial charge in [0.05, 0.1) is 0 Å². The van der Waals surface area contributed by atoms with Crippen molar-refractivity contribution in [2.75, 3.05) is 0 Å². The Morgan fingerprint density at radius 2 is 1.77 bits per heavy atom. The Bertz CT molecular complexity index is 172. The van der Waals surface area contributed by atoms with E-state index < -0.39 is 0 Å². The Hall–Kier alpha value is 0. The van der Waals surface area contributed by atoms with Crippen molar-refractivity contribution in [2.45, 2.75) is 59.3 Å². The molecular weight excluding hydrogens is 156 g/mol. The number of hydrogen-bond acceptors (Lipinski definition) is 0. The summed E-state index contributed by atoms with van der Waals surface area (Å²) in [6.07, 6.45) is 9.28. The van der Waals surface area contributed by atoms with Crippen LogP contribution in [0.5, 0.6) is 0 Å². The first kappa shape index (κ1) is 9.55. The minimum Gasteiger partial charge on any atom is -0.0625 e. The Morgan fingerprint density at radius 3 is 2.15 bits per heavy atom. The van der Waals surface area contributed by atoms with Gasteiger partial charge in [-0.2, -0.15) is 0 Å². The van der Waals surface area contributed by atoms with Gasteiger partial charge in [-0.05, 0) is 61.7 Å². The van der Waals surface area contributed by atoms with Gasteiger partial charge in [0, 0.05) is 0 Å². The van der Waals surface area contributed by atoms with Crippen LogP contribution in [0.25, 0.3) is 0 Å². The molecule has 13 heavy (non-hydrogen) atoms. The van der Waals surface area contributed by atoms with Gasteiger partial charge in [0.2, 0.25) is 0 Å². The Labute approximate surface area is 83.1 Å². The average molecular weight is 180 g/mol. The second-order valence-electron chi connectivity index (χ2n) is 6.07. The molecule has 0 saturated heterocycles. The molecule has 0 heterocycles. The molecule has 0 amide bonds. The van der Waals surface area contributed by atoms with E-state index >= 15 is 0 Å². The summed E-state index contributed by atoms with van der Waals surface area (Å²) in [6.45, 7) is 7.20. The second-order valence-corrected chi connectivity index (χ2v) is 6.07. The van der Waals surface area contributed by atoms with Crippen molar-refractivity contribution in [3.8, 4) is 0 Å². The summed E-state index contributed by atoms with van der Waals surface area (Å²) in [4.78, 5) is 0. The summed E-state index contributed by atoms with van der Waals surface area (Å²) in [6, 6.07) is 0. The maximum Gasteiger partial charge on any atom is -0.0292 e. The molecule has 0 aromatic carbocycles. The number of fused-ring (bicyclic) bond motifs is 2. The molecule has 2 fully saturated rings. The van der Waals surface area contributed by atoms with Gasteiger partial charge >= 0.3 is 0 Å². The minimum atomic E-state index is 0.814. The largest absolute Gasteiger partial charge is 0.0625 e. The summed E-state index contributed by atoms with van der Waals surface area (Å²) in [5.41, 5.74) is 0.814. The van der Waals surface area contributed by atoms with E-state index in [9.17, 15) is 0 Å². The van der Waals surface area contributed by atoms with Crippen molar-refractivity contribution in [2.24, 2.45) is 23.2 Å². The van der Waals surface area contributed by atoms with Crippen molar-refractivity contribution in [3.63, 3.8) is 0 Å². The molecule has 0 aromatic rings. The van der Waals surface area contributed by atoms with Gasteiger partial charge < -0.3 is 0 Å². The molecule has 0 spiro atoms. The lowest BCUT2D eigenvalue weighted by atomic mass is 9.74. The van der Waals surface area contributed by atoms with Gasteiger partial charge in [-0.1, -0.05) is 20.8 Å². The lowest BCUT2D eigenvalue weighted by Crippen LogP contribution is -2.20. The zero-order valence-electron chi connectivity index (χ0n) is 9.47. The van der Waals surface area contributed by atoms with Crippen LogP contribution in [0.3, 0.4) is 0 Å². The second kappa shape index (κ2) is 3.29. The summed E-state index contributed by atoms with van der Waals surface area (Å²) in [5, 5.41) is 0. The zero-order chi connectivity index (χ0) is 9.47. The molecule has 2 rings (SSSR count). The van der Waals surface area contributed by atoms with Crippen LogP contribution >= 0.6 is 0 Å². The van der Waals surface area contributed by atoms with E-state index in [1.807, 2.05) is 0 Å². The summed E-state index contributed by atoms with van der Waals surface area (Å²) in [7, 11) is 0. The molecule has 2 aliphatic carbocycles. The topological polar surface area (TPSA) is 0 Å². The van der Waals surface area contributed by atoms with Crippen LogP contribution < -0.4 is 0 Å². The molecule has 0 aliphatic heterocycles. The van der Waals surface area contributed by atoms with E-state index in [1.165, 1.54) is 6.42 Å². The first-order valence-corrected chi connectivity index (χ1v) is 6.11. The van der Waals surface area contributed by atoms with Crippen LogP contribution in [-0.2, 0) is 0 Å². The fraction of sp³-hybridized carbons (Fsp3) is 1.00. The van der Waals surface area contributed by atoms with Gasteiger partial charge in [-0.3, -0.25) is 0 Å². The van der Waals surface area contributed by atoms with E-state index in [0.717, 1.165) is 23.2 Å². The van der Waals surface area contributed by atoms with Gasteiger partial charge in [-0.15, -0.1) is 0 Å². The monoisotopic (exact) mass is 180 g/mol. The highest BCUT2D eigenvalue weighted by Gasteiger charge is 2.45. The molecule has 0 heteroatoms. The molecule has 76 valence electrons. The van der Waals surface area contributed by atoms with Crippen molar-refractivity contribution in [1.29, 1.82) is 0 Å². The highest BCUT2D eigenvalue weighted by molar-refractivity contribution is 4.96. The zero-order valence-corrected chi connectivity index (χ0v) is 9.47. The van der Waals surface area contributed by atoms with Gasteiger partial charge in [0.25, 0.3) is 0 Å². The molecule has 1 unspecified atom stereocenters. The fourth-order valence-corrected chi connectivity index (χ4v) is 3.52. The number of hydrogen-bond donors (Lipinski definition) is 0. The maximum atomic E-state index is 2.45. The van der Waals surface area contributed by atoms with Crippen LogP contribution in [0.4, 0.5) is 0 Å². The normalized spacial score (nSPS) is 40.2. The minimum absolute atomic E-state index is 0.814. The summed E-state index contributed by atoms with van der Waals surface area (Å²) in [5.74, 6) is 2.95. The predicted molar refractivity (Wildman–Crippen MR) is 57.6 cm³/mol. The quantitative estimate of drug-likeness (QED) is 0.609. The molecule has 0 aromatic heterocycles. The van der Waals surface area contributed by atoms with E-state index in [2.05, 4.69) is 20.8 Å². The number of rotatable bonds is 3. The van der Waals surface area contributed by atoms with Crippen molar-refractivity contribution in [1.82, 2.24) is 0 Å². The Morgan fingerprint density at radius 1 is 1.15 bits per heavy atom. The maximum absolute atomic E-state index is 2.45. The Kier molecular flexibility index (Phi) is 2.42. The third kappa shape index (κ3) is 1.78. The summed E-state index contributed by atoms with van der Waals surface area (Å²) < 4.78 is 0. The molecule has 0 N–H and O–H groups in total. The lowest BCUT2D eigenvalue weighted by molar-refractivity contribution is 0.200. The Balaban J connectivity index is 1.93. The molecule has 2 aliphatic rings. The van der Waals surface area contributed by atoms with E-state index in [4.69, 9.17) is 0 Å². The molecule has 0 nitrogen and oxygen atoms in total. The third-order valence-corrected chi connectivity index (χ3v) is 4.78. The van der Waals surface area contributed by atoms with Gasteiger partial charge in [-0.25, -0.2) is 0 Å². The molecule has 1 atom stereocenters. The van der Waals surface area contributed by atoms with Crippen LogP contribution in [0.15, 0.2) is 0 Å². The molecular formula is C13H24. The third-order valence-electron chi connectivity index (χ3n) is 4.78. The standard InChI is InChI=1S/C13H24/c1-10(2)11(3)8-13-6-4-12(9-13)5-7-13/h10-12H,4-9H2,1-3H3. The van der Waals surface area contributed by atoms with Crippen LogP contribution in [-0.4, -0.2) is 0 Å². The fourth-order valence-electron chi connectivity index (χ4n) is 3.52. The van der Waals surface area contributed by atoms with Crippen molar-refractivity contribution >= 4 is 0 Å². The van der Waals surface area contributed by atoms with Crippen LogP contribution in [0.1, 0.15) is 59.3 Å². The van der Waals surface area contributed by atoms with Crippen molar-refractivity contribution < 1.29 is 0 Å². The van der Waals surface area contributed by atoms with E-state index in [1.54, 1.807) is 32.1 Å². The molecule has 2 bridgehead atoms. The predicted octanol–water partition coefficient (Wildman–Crippen LogP) is 4.25. The highest BCUT2D eigenvalue weighted by atomic mass is 14.5. The molecule has 2 saturated carbocycles. The van der Waals surface area contributed by atoms with Crippen LogP contribution in [0.2, 0.25) is 0 Å². The lowest BCUT2D eigenvalue weighted by Gasteiger charge is -2.31. The van der Waals surface area contributed by atoms with Crippen LogP contribution in [0, 0.1) is 23.2 Å². The van der Waals surface area contributed by atoms with Gasteiger partial charge in [0.1, 0.15) is 0 Å². The first-order valence-electron chi connectivity index (χ1n) is 6.11. The summed E-state index contributed by atoms with van der Waals surface area (Å²) >= 11 is 0. The highest BCUT2D eigenvalue weighted by Crippen LogP contribution is 2.57. The van der Waals surface area contributed by atoms with Crippen molar-refractivity contribution in [3.05, 3.63) is 0 Å². The smallest absolute Gasteiger partial charge is 0.0292 e. The average Bonchev–Trinajstić information content (AvgIpc) is 2.62. The molecule has 0 radical (unpaired) electrons. The van der Waals surface area contributed by atoms with Gasteiger partial charge in [0.15, 0.2) is 0 Å². The van der Waals surface area contributed by atoms with E-state index in [0.29, 0.717) is 0 Å². The van der Waals surface area contributed by atoms with E-state index in [-0.39, 0.29) is 0 Å². The first-order chi connectivity index (χ1) is 6.11. The SMILES string of the molecule is CC(C)C(C)CC12CCC(CC1)C2.